The van der Waals surface area contributed by atoms with Crippen molar-refractivity contribution >= 4 is 39.2 Å². The van der Waals surface area contributed by atoms with Gasteiger partial charge in [0.15, 0.2) is 0 Å². The van der Waals surface area contributed by atoms with Gasteiger partial charge in [-0.25, -0.2) is 0 Å². The van der Waals surface area contributed by atoms with Crippen LogP contribution in [0.3, 0.4) is 0 Å². The van der Waals surface area contributed by atoms with Crippen molar-refractivity contribution in [2.24, 2.45) is 0 Å². The zero-order valence-corrected chi connectivity index (χ0v) is 12.7. The zero-order valence-electron chi connectivity index (χ0n) is 11.1. The van der Waals surface area contributed by atoms with Crippen molar-refractivity contribution < 1.29 is 18.3 Å². The van der Waals surface area contributed by atoms with Crippen molar-refractivity contribution in [1.29, 1.82) is 0 Å². The van der Waals surface area contributed by atoms with Gasteiger partial charge in [0.05, 0.1) is 0 Å². The number of halogens is 3. The number of benzene rings is 2. The van der Waals surface area contributed by atoms with Crippen molar-refractivity contribution in [2.75, 3.05) is 5.32 Å². The Bertz CT molecular complexity index is 774. The Morgan fingerprint density at radius 3 is 2.73 bits per heavy atom. The Morgan fingerprint density at radius 1 is 1.18 bits per heavy atom. The molecule has 1 N–H and O–H groups in total. The van der Waals surface area contributed by atoms with Crippen LogP contribution in [0.25, 0.3) is 11.6 Å². The van der Waals surface area contributed by atoms with Crippen molar-refractivity contribution in [3.63, 3.8) is 0 Å². The third kappa shape index (κ3) is 2.87. The molecule has 0 fully saturated rings. The summed E-state index contributed by atoms with van der Waals surface area (Å²) in [7, 11) is 0. The average molecular weight is 366 g/mol. The number of hydrogen-bond donors (Lipinski definition) is 1. The molecule has 0 aliphatic carbocycles. The monoisotopic (exact) mass is 365 g/mol. The van der Waals surface area contributed by atoms with Crippen molar-refractivity contribution in [1.82, 2.24) is 0 Å². The number of rotatable bonds is 3. The van der Waals surface area contributed by atoms with Crippen LogP contribution in [0.5, 0.6) is 5.75 Å². The highest BCUT2D eigenvalue weighted by Crippen LogP contribution is 2.34. The van der Waals surface area contributed by atoms with Gasteiger partial charge in [0, 0.05) is 21.3 Å². The average Bonchev–Trinajstić information content (AvgIpc) is 2.78. The smallest absolute Gasteiger partial charge is 0.387 e. The number of anilines is 1. The van der Waals surface area contributed by atoms with Crippen molar-refractivity contribution in [2.45, 2.75) is 6.61 Å². The van der Waals surface area contributed by atoms with Gasteiger partial charge in [-0.1, -0.05) is 34.1 Å². The van der Waals surface area contributed by atoms with Gasteiger partial charge in [-0.2, -0.15) is 8.78 Å². The molecule has 6 heteroatoms. The summed E-state index contributed by atoms with van der Waals surface area (Å²) < 4.78 is 29.7. The molecule has 0 spiro atoms. The van der Waals surface area contributed by atoms with E-state index in [9.17, 15) is 13.6 Å². The van der Waals surface area contributed by atoms with Gasteiger partial charge in [0.1, 0.15) is 5.75 Å². The minimum Gasteiger partial charge on any atom is -0.435 e. The van der Waals surface area contributed by atoms with Crippen molar-refractivity contribution in [3.8, 4) is 5.75 Å². The molecule has 22 heavy (non-hydrogen) atoms. The summed E-state index contributed by atoms with van der Waals surface area (Å²) in [5, 5.41) is 2.76. The zero-order chi connectivity index (χ0) is 15.7. The summed E-state index contributed by atoms with van der Waals surface area (Å²) in [5.74, 6) is -0.190. The molecular weight excluding hydrogens is 356 g/mol. The molecule has 0 saturated heterocycles. The molecule has 0 bridgehead atoms. The number of carbonyl (C=O) groups excluding carboxylic acids is 1. The lowest BCUT2D eigenvalue weighted by Gasteiger charge is -2.07. The van der Waals surface area contributed by atoms with Gasteiger partial charge in [-0.15, -0.1) is 0 Å². The molecule has 0 atom stereocenters. The van der Waals surface area contributed by atoms with Gasteiger partial charge in [-0.3, -0.25) is 4.79 Å². The summed E-state index contributed by atoms with van der Waals surface area (Å²) in [6.07, 6.45) is 1.64. The fourth-order valence-corrected chi connectivity index (χ4v) is 2.61. The third-order valence-electron chi connectivity index (χ3n) is 3.20. The standard InChI is InChI=1S/C16H10BrF2NO2/c17-13-6-5-10(22-16(18)19)7-9(13)8-12-11-3-1-2-4-14(11)20-15(12)21/h1-8,16H,(H,20,21). The fraction of sp³-hybridized carbons (Fsp3) is 0.0625. The van der Waals surface area contributed by atoms with Crippen LogP contribution in [0, 0.1) is 0 Å². The van der Waals surface area contributed by atoms with Crippen LogP contribution in [-0.4, -0.2) is 12.5 Å². The van der Waals surface area contributed by atoms with Gasteiger partial charge in [0.25, 0.3) is 5.91 Å². The van der Waals surface area contributed by atoms with E-state index in [2.05, 4.69) is 26.0 Å². The molecule has 1 amide bonds. The second-order valence-electron chi connectivity index (χ2n) is 4.62. The molecule has 3 nitrogen and oxygen atoms in total. The Morgan fingerprint density at radius 2 is 1.95 bits per heavy atom. The van der Waals surface area contributed by atoms with E-state index >= 15 is 0 Å². The summed E-state index contributed by atoms with van der Waals surface area (Å²) in [4.78, 5) is 12.1. The number of nitrogens with one attached hydrogen (secondary N) is 1. The van der Waals surface area contributed by atoms with Crippen LogP contribution < -0.4 is 10.1 Å². The van der Waals surface area contributed by atoms with Gasteiger partial charge in [0.2, 0.25) is 0 Å². The van der Waals surface area contributed by atoms with E-state index in [0.29, 0.717) is 15.6 Å². The van der Waals surface area contributed by atoms with Crippen molar-refractivity contribution in [3.05, 3.63) is 58.1 Å². The molecule has 0 radical (unpaired) electrons. The lowest BCUT2D eigenvalue weighted by Crippen LogP contribution is -2.04. The fourth-order valence-electron chi connectivity index (χ4n) is 2.25. The van der Waals surface area contributed by atoms with Gasteiger partial charge >= 0.3 is 6.61 Å². The second kappa shape index (κ2) is 5.88. The maximum absolute atomic E-state index is 12.3. The first-order valence-corrected chi connectivity index (χ1v) is 7.21. The Kier molecular flexibility index (Phi) is 3.94. The number of ether oxygens (including phenoxy) is 1. The number of amides is 1. The molecular formula is C16H10BrF2NO2. The summed E-state index contributed by atoms with van der Waals surface area (Å²) in [6.45, 7) is -2.89. The highest BCUT2D eigenvalue weighted by Gasteiger charge is 2.23. The van der Waals surface area contributed by atoms with E-state index in [0.717, 1.165) is 11.3 Å². The molecule has 1 heterocycles. The number of fused-ring (bicyclic) bond motifs is 1. The molecule has 1 aliphatic rings. The topological polar surface area (TPSA) is 38.3 Å². The van der Waals surface area contributed by atoms with E-state index in [4.69, 9.17) is 0 Å². The van der Waals surface area contributed by atoms with E-state index in [1.54, 1.807) is 18.2 Å². The second-order valence-corrected chi connectivity index (χ2v) is 5.47. The first-order chi connectivity index (χ1) is 10.5. The van der Waals surface area contributed by atoms with Crippen LogP contribution in [0.4, 0.5) is 14.5 Å². The third-order valence-corrected chi connectivity index (χ3v) is 3.92. The number of alkyl halides is 2. The first-order valence-electron chi connectivity index (χ1n) is 6.41. The summed E-state index contributed by atoms with van der Waals surface area (Å²) in [6, 6.07) is 11.8. The largest absolute Gasteiger partial charge is 0.435 e. The minimum atomic E-state index is -2.89. The molecule has 0 saturated carbocycles. The van der Waals surface area contributed by atoms with E-state index in [1.165, 1.54) is 12.1 Å². The summed E-state index contributed by atoms with van der Waals surface area (Å²) in [5.41, 5.74) is 2.57. The molecule has 0 unspecified atom stereocenters. The van der Waals surface area contributed by atoms with E-state index in [1.807, 2.05) is 18.2 Å². The predicted octanol–water partition coefficient (Wildman–Crippen LogP) is 4.54. The molecule has 2 aromatic rings. The normalized spacial score (nSPS) is 15.1. The number of carbonyl (C=O) groups is 1. The minimum absolute atomic E-state index is 0.0386. The lowest BCUT2D eigenvalue weighted by atomic mass is 10.0. The lowest BCUT2D eigenvalue weighted by molar-refractivity contribution is -0.110. The maximum atomic E-state index is 12.3. The van der Waals surface area contributed by atoms with E-state index in [-0.39, 0.29) is 11.7 Å². The van der Waals surface area contributed by atoms with Crippen LogP contribution in [0.15, 0.2) is 46.9 Å². The quantitative estimate of drug-likeness (QED) is 0.810. The van der Waals surface area contributed by atoms with Crippen LogP contribution in [-0.2, 0) is 4.79 Å². The van der Waals surface area contributed by atoms with Crippen LogP contribution in [0.1, 0.15) is 11.1 Å². The van der Waals surface area contributed by atoms with E-state index < -0.39 is 6.61 Å². The summed E-state index contributed by atoms with van der Waals surface area (Å²) >= 11 is 3.34. The predicted molar refractivity (Wildman–Crippen MR) is 83.7 cm³/mol. The Hall–Kier alpha value is -2.21. The number of para-hydroxylation sites is 1. The molecule has 0 aromatic heterocycles. The SMILES string of the molecule is O=C1Nc2ccccc2C1=Cc1cc(OC(F)F)ccc1Br. The Balaban J connectivity index is 2.03. The van der Waals surface area contributed by atoms with Crippen LogP contribution >= 0.6 is 15.9 Å². The number of hydrogen-bond acceptors (Lipinski definition) is 2. The Labute approximate surface area is 133 Å². The first kappa shape index (κ1) is 14.7. The van der Waals surface area contributed by atoms with Gasteiger partial charge < -0.3 is 10.1 Å². The highest BCUT2D eigenvalue weighted by atomic mass is 79.9. The molecule has 112 valence electrons. The molecule has 2 aromatic carbocycles. The molecule has 1 aliphatic heterocycles. The highest BCUT2D eigenvalue weighted by molar-refractivity contribution is 9.10. The maximum Gasteiger partial charge on any atom is 0.387 e. The van der Waals surface area contributed by atoms with Gasteiger partial charge in [-0.05, 0) is 35.9 Å². The van der Waals surface area contributed by atoms with Crippen LogP contribution in [0.2, 0.25) is 0 Å². The molecule has 3 rings (SSSR count).